The highest BCUT2D eigenvalue weighted by molar-refractivity contribution is 6.30. The van der Waals surface area contributed by atoms with E-state index in [0.29, 0.717) is 12.3 Å². The molecule has 0 saturated carbocycles. The summed E-state index contributed by atoms with van der Waals surface area (Å²) in [6.07, 6.45) is 1.61. The molecular weight excluding hydrogens is 226 g/mol. The van der Waals surface area contributed by atoms with Crippen LogP contribution in [-0.2, 0) is 11.2 Å². The van der Waals surface area contributed by atoms with E-state index in [4.69, 9.17) is 11.6 Å². The zero-order chi connectivity index (χ0) is 11.5. The van der Waals surface area contributed by atoms with Crippen molar-refractivity contribution in [2.24, 2.45) is 5.92 Å². The number of carboxylic acid groups (broad SMARTS) is 1. The summed E-state index contributed by atoms with van der Waals surface area (Å²) in [7, 11) is 0. The minimum Gasteiger partial charge on any atom is -0.544 e. The number of quaternary nitrogens is 1. The van der Waals surface area contributed by atoms with Crippen molar-refractivity contribution in [2.45, 2.75) is 18.9 Å². The van der Waals surface area contributed by atoms with Crippen LogP contribution in [-0.4, -0.2) is 18.6 Å². The second-order valence-electron chi connectivity index (χ2n) is 4.33. The van der Waals surface area contributed by atoms with Crippen LogP contribution < -0.4 is 10.4 Å². The molecule has 16 heavy (non-hydrogen) atoms. The number of carbonyl (C=O) groups excluding carboxylic acids is 1. The largest absolute Gasteiger partial charge is 0.544 e. The van der Waals surface area contributed by atoms with Gasteiger partial charge in [0.25, 0.3) is 0 Å². The van der Waals surface area contributed by atoms with Gasteiger partial charge in [0.1, 0.15) is 6.04 Å². The fourth-order valence-corrected chi connectivity index (χ4v) is 2.35. The lowest BCUT2D eigenvalue weighted by Gasteiger charge is -2.08. The molecule has 1 aliphatic rings. The van der Waals surface area contributed by atoms with Gasteiger partial charge in [0.2, 0.25) is 0 Å². The van der Waals surface area contributed by atoms with Crippen LogP contribution in [0.2, 0.25) is 5.02 Å². The lowest BCUT2D eigenvalue weighted by Crippen LogP contribution is -2.90. The number of nitrogens with two attached hydrogens (primary N) is 1. The Bertz CT molecular complexity index is 377. The van der Waals surface area contributed by atoms with Gasteiger partial charge in [-0.05, 0) is 24.1 Å². The third-order valence-electron chi connectivity index (χ3n) is 3.08. The topological polar surface area (TPSA) is 56.7 Å². The van der Waals surface area contributed by atoms with Gasteiger partial charge in [0.15, 0.2) is 0 Å². The van der Waals surface area contributed by atoms with Gasteiger partial charge < -0.3 is 15.2 Å². The lowest BCUT2D eigenvalue weighted by molar-refractivity contribution is -0.666. The van der Waals surface area contributed by atoms with Crippen molar-refractivity contribution in [1.82, 2.24) is 0 Å². The zero-order valence-electron chi connectivity index (χ0n) is 8.86. The number of carbonyl (C=O) groups is 1. The molecule has 1 heterocycles. The maximum atomic E-state index is 10.7. The maximum absolute atomic E-state index is 10.7. The van der Waals surface area contributed by atoms with Gasteiger partial charge in [-0.25, -0.2) is 0 Å². The second kappa shape index (κ2) is 4.85. The Morgan fingerprint density at radius 3 is 2.69 bits per heavy atom. The number of aliphatic carboxylic acids is 1. The van der Waals surface area contributed by atoms with Crippen LogP contribution in [0.15, 0.2) is 24.3 Å². The third kappa shape index (κ3) is 2.74. The molecule has 2 atom stereocenters. The molecule has 2 rings (SSSR count). The Balaban J connectivity index is 1.92. The molecule has 3 nitrogen and oxygen atoms in total. The van der Waals surface area contributed by atoms with Gasteiger partial charge in [-0.15, -0.1) is 0 Å². The van der Waals surface area contributed by atoms with E-state index >= 15 is 0 Å². The highest BCUT2D eigenvalue weighted by Gasteiger charge is 2.28. The summed E-state index contributed by atoms with van der Waals surface area (Å²) in [5, 5.41) is 13.3. The number of carboxylic acids is 1. The summed E-state index contributed by atoms with van der Waals surface area (Å²) < 4.78 is 0. The van der Waals surface area contributed by atoms with Crippen LogP contribution in [0.1, 0.15) is 12.0 Å². The molecule has 1 aromatic carbocycles. The summed E-state index contributed by atoms with van der Waals surface area (Å²) in [6.45, 7) is 0.862. The summed E-state index contributed by atoms with van der Waals surface area (Å²) in [5.41, 5.74) is 1.21. The Hall–Kier alpha value is -1.06. The Morgan fingerprint density at radius 2 is 2.12 bits per heavy atom. The van der Waals surface area contributed by atoms with E-state index in [1.165, 1.54) is 5.56 Å². The lowest BCUT2D eigenvalue weighted by atomic mass is 9.97. The Labute approximate surface area is 99.4 Å². The van der Waals surface area contributed by atoms with E-state index in [2.05, 4.69) is 0 Å². The van der Waals surface area contributed by atoms with Crippen molar-refractivity contribution in [2.75, 3.05) is 6.54 Å². The molecule has 4 heteroatoms. The van der Waals surface area contributed by atoms with E-state index < -0.39 is 5.97 Å². The summed E-state index contributed by atoms with van der Waals surface area (Å²) >= 11 is 5.80. The number of hydrogen-bond donors (Lipinski definition) is 1. The monoisotopic (exact) mass is 239 g/mol. The summed E-state index contributed by atoms with van der Waals surface area (Å²) in [4.78, 5) is 10.7. The van der Waals surface area contributed by atoms with Gasteiger partial charge in [-0.2, -0.15) is 0 Å². The molecule has 0 amide bonds. The molecule has 0 aliphatic carbocycles. The molecular formula is C12H14ClNO2. The molecule has 1 fully saturated rings. The third-order valence-corrected chi connectivity index (χ3v) is 3.33. The molecule has 1 aliphatic heterocycles. The molecule has 0 spiro atoms. The van der Waals surface area contributed by atoms with Gasteiger partial charge in [0, 0.05) is 17.4 Å². The Morgan fingerprint density at radius 1 is 1.44 bits per heavy atom. The van der Waals surface area contributed by atoms with E-state index in [9.17, 15) is 9.90 Å². The predicted octanol–water partition coefficient (Wildman–Crippen LogP) is -0.416. The maximum Gasteiger partial charge on any atom is 0.127 e. The summed E-state index contributed by atoms with van der Waals surface area (Å²) in [5.74, 6) is -0.525. The van der Waals surface area contributed by atoms with Crippen molar-refractivity contribution in [3.8, 4) is 0 Å². The van der Waals surface area contributed by atoms with Crippen molar-refractivity contribution in [1.29, 1.82) is 0 Å². The SMILES string of the molecule is O=C([O-])[C@@H]1C[C@@H](Cc2ccc(Cl)cc2)C[NH2+]1. The molecule has 1 aromatic rings. The fraction of sp³-hybridized carbons (Fsp3) is 0.417. The molecule has 0 aromatic heterocycles. The van der Waals surface area contributed by atoms with Crippen molar-refractivity contribution in [3.05, 3.63) is 34.9 Å². The first-order valence-corrected chi connectivity index (χ1v) is 5.81. The van der Waals surface area contributed by atoms with Crippen molar-refractivity contribution >= 4 is 17.6 Å². The highest BCUT2D eigenvalue weighted by atomic mass is 35.5. The Kier molecular flexibility index (Phi) is 3.46. The molecule has 0 bridgehead atoms. The van der Waals surface area contributed by atoms with E-state index in [1.807, 2.05) is 29.6 Å². The molecule has 2 N–H and O–H groups in total. The first-order valence-electron chi connectivity index (χ1n) is 5.44. The minimum absolute atomic E-state index is 0.364. The minimum atomic E-state index is -0.946. The highest BCUT2D eigenvalue weighted by Crippen LogP contribution is 2.17. The van der Waals surface area contributed by atoms with Gasteiger partial charge in [0.05, 0.1) is 12.5 Å². The van der Waals surface area contributed by atoms with Gasteiger partial charge in [-0.3, -0.25) is 0 Å². The van der Waals surface area contributed by atoms with Crippen molar-refractivity contribution in [3.63, 3.8) is 0 Å². The fourth-order valence-electron chi connectivity index (χ4n) is 2.22. The molecule has 1 saturated heterocycles. The normalized spacial score (nSPS) is 24.6. The van der Waals surface area contributed by atoms with Crippen molar-refractivity contribution < 1.29 is 15.2 Å². The standard InChI is InChI=1S/C12H14ClNO2/c13-10-3-1-8(2-4-10)5-9-6-11(12(15)16)14-7-9/h1-4,9,11,14H,5-7H2,(H,15,16)/t9-,11+/m1/s1. The average Bonchev–Trinajstić information content (AvgIpc) is 2.70. The first-order chi connectivity index (χ1) is 7.65. The van der Waals surface area contributed by atoms with Crippen LogP contribution in [0, 0.1) is 5.92 Å². The van der Waals surface area contributed by atoms with E-state index in [0.717, 1.165) is 18.0 Å². The number of benzene rings is 1. The molecule has 86 valence electrons. The second-order valence-corrected chi connectivity index (χ2v) is 4.77. The van der Waals surface area contributed by atoms with E-state index in [-0.39, 0.29) is 6.04 Å². The summed E-state index contributed by atoms with van der Waals surface area (Å²) in [6, 6.07) is 7.36. The van der Waals surface area contributed by atoms with Crippen LogP contribution in [0.5, 0.6) is 0 Å². The van der Waals surface area contributed by atoms with Gasteiger partial charge >= 0.3 is 0 Å². The smallest absolute Gasteiger partial charge is 0.127 e. The quantitative estimate of drug-likeness (QED) is 0.779. The van der Waals surface area contributed by atoms with Crippen LogP contribution >= 0.6 is 11.6 Å². The predicted molar refractivity (Wildman–Crippen MR) is 58.9 cm³/mol. The van der Waals surface area contributed by atoms with Crippen LogP contribution in [0.4, 0.5) is 0 Å². The van der Waals surface area contributed by atoms with Crippen LogP contribution in [0.25, 0.3) is 0 Å². The zero-order valence-corrected chi connectivity index (χ0v) is 9.61. The molecule has 0 unspecified atom stereocenters. The average molecular weight is 240 g/mol. The number of hydrogen-bond acceptors (Lipinski definition) is 2. The van der Waals surface area contributed by atoms with Crippen LogP contribution in [0.3, 0.4) is 0 Å². The van der Waals surface area contributed by atoms with Gasteiger partial charge in [-0.1, -0.05) is 23.7 Å². The number of halogens is 1. The first kappa shape index (κ1) is 11.4. The number of rotatable bonds is 3. The molecule has 0 radical (unpaired) electrons. The van der Waals surface area contributed by atoms with E-state index in [1.54, 1.807) is 0 Å².